The molecule has 2 N–H and O–H groups in total. The van der Waals surface area contributed by atoms with Crippen molar-refractivity contribution < 1.29 is 9.94 Å². The topological polar surface area (TPSA) is 41.5 Å². The fourth-order valence-corrected chi connectivity index (χ4v) is 1.64. The SMILES string of the molecule is CCc1cc(OC)c(Cl)cc1CNO. The van der Waals surface area contributed by atoms with Crippen molar-refractivity contribution in [2.24, 2.45) is 0 Å². The molecular weight excluding hydrogens is 202 g/mol. The molecule has 0 spiro atoms. The number of halogens is 1. The third kappa shape index (κ3) is 2.38. The van der Waals surface area contributed by atoms with Gasteiger partial charge in [0.2, 0.25) is 0 Å². The molecule has 0 bridgehead atoms. The molecule has 0 atom stereocenters. The van der Waals surface area contributed by atoms with Gasteiger partial charge in [-0.3, -0.25) is 0 Å². The van der Waals surface area contributed by atoms with E-state index in [1.165, 1.54) is 0 Å². The summed E-state index contributed by atoms with van der Waals surface area (Å²) >= 11 is 5.96. The minimum atomic E-state index is 0.396. The molecule has 78 valence electrons. The predicted molar refractivity (Wildman–Crippen MR) is 56.0 cm³/mol. The largest absolute Gasteiger partial charge is 0.495 e. The maximum atomic E-state index is 8.63. The molecular formula is C10H14ClNO2. The van der Waals surface area contributed by atoms with Gasteiger partial charge in [0.15, 0.2) is 0 Å². The Morgan fingerprint density at radius 2 is 2.14 bits per heavy atom. The highest BCUT2D eigenvalue weighted by Crippen LogP contribution is 2.28. The molecule has 0 aliphatic carbocycles. The smallest absolute Gasteiger partial charge is 0.137 e. The van der Waals surface area contributed by atoms with Crippen molar-refractivity contribution in [1.82, 2.24) is 5.48 Å². The van der Waals surface area contributed by atoms with Crippen molar-refractivity contribution in [2.45, 2.75) is 19.9 Å². The second-order valence-electron chi connectivity index (χ2n) is 2.94. The molecule has 0 unspecified atom stereocenters. The van der Waals surface area contributed by atoms with Gasteiger partial charge in [0.05, 0.1) is 12.1 Å². The highest BCUT2D eigenvalue weighted by atomic mass is 35.5. The molecule has 14 heavy (non-hydrogen) atoms. The first-order valence-electron chi connectivity index (χ1n) is 4.45. The van der Waals surface area contributed by atoms with Crippen LogP contribution in [0.3, 0.4) is 0 Å². The Labute approximate surface area is 88.6 Å². The summed E-state index contributed by atoms with van der Waals surface area (Å²) < 4.78 is 5.11. The van der Waals surface area contributed by atoms with Crippen LogP contribution in [0.5, 0.6) is 5.75 Å². The van der Waals surface area contributed by atoms with Gasteiger partial charge in [0, 0.05) is 6.54 Å². The van der Waals surface area contributed by atoms with Crippen molar-refractivity contribution in [3.8, 4) is 5.75 Å². The molecule has 3 nitrogen and oxygen atoms in total. The van der Waals surface area contributed by atoms with Crippen molar-refractivity contribution in [2.75, 3.05) is 7.11 Å². The third-order valence-corrected chi connectivity index (χ3v) is 2.42. The van der Waals surface area contributed by atoms with Gasteiger partial charge in [-0.25, -0.2) is 5.48 Å². The average Bonchev–Trinajstić information content (AvgIpc) is 2.19. The second-order valence-corrected chi connectivity index (χ2v) is 3.35. The zero-order valence-corrected chi connectivity index (χ0v) is 9.06. The quantitative estimate of drug-likeness (QED) is 0.758. The van der Waals surface area contributed by atoms with E-state index in [-0.39, 0.29) is 0 Å². The summed E-state index contributed by atoms with van der Waals surface area (Å²) in [5.41, 5.74) is 4.23. The highest BCUT2D eigenvalue weighted by Gasteiger charge is 2.07. The normalized spacial score (nSPS) is 10.3. The van der Waals surface area contributed by atoms with Crippen LogP contribution in [0.25, 0.3) is 0 Å². The molecule has 1 aromatic rings. The summed E-state index contributed by atoms with van der Waals surface area (Å²) in [6.07, 6.45) is 0.880. The van der Waals surface area contributed by atoms with E-state index in [4.69, 9.17) is 21.5 Å². The van der Waals surface area contributed by atoms with E-state index in [9.17, 15) is 0 Å². The Balaban J connectivity index is 3.10. The van der Waals surface area contributed by atoms with Crippen LogP contribution in [0.4, 0.5) is 0 Å². The predicted octanol–water partition coefficient (Wildman–Crippen LogP) is 2.39. The summed E-state index contributed by atoms with van der Waals surface area (Å²) in [5, 5.41) is 9.20. The van der Waals surface area contributed by atoms with Crippen LogP contribution in [-0.2, 0) is 13.0 Å². The molecule has 0 aromatic heterocycles. The van der Waals surface area contributed by atoms with Gasteiger partial charge in [-0.15, -0.1) is 0 Å². The monoisotopic (exact) mass is 215 g/mol. The fourth-order valence-electron chi connectivity index (χ4n) is 1.37. The van der Waals surface area contributed by atoms with E-state index < -0.39 is 0 Å². The number of nitrogens with one attached hydrogen (secondary N) is 1. The van der Waals surface area contributed by atoms with E-state index in [2.05, 4.69) is 5.48 Å². The van der Waals surface area contributed by atoms with Crippen LogP contribution >= 0.6 is 11.6 Å². The molecule has 0 fully saturated rings. The van der Waals surface area contributed by atoms with Gasteiger partial charge in [-0.1, -0.05) is 18.5 Å². The second kappa shape index (κ2) is 5.20. The van der Waals surface area contributed by atoms with E-state index >= 15 is 0 Å². The highest BCUT2D eigenvalue weighted by molar-refractivity contribution is 6.32. The lowest BCUT2D eigenvalue weighted by Gasteiger charge is -2.10. The lowest BCUT2D eigenvalue weighted by atomic mass is 10.0. The van der Waals surface area contributed by atoms with Gasteiger partial charge in [0.25, 0.3) is 0 Å². The van der Waals surface area contributed by atoms with Gasteiger partial charge in [-0.05, 0) is 29.7 Å². The number of rotatable bonds is 4. The Bertz CT molecular complexity index is 315. The average molecular weight is 216 g/mol. The Morgan fingerprint density at radius 3 is 2.64 bits per heavy atom. The number of methoxy groups -OCH3 is 1. The lowest BCUT2D eigenvalue weighted by molar-refractivity contribution is 0.161. The Hall–Kier alpha value is -0.770. The fraction of sp³-hybridized carbons (Fsp3) is 0.400. The van der Waals surface area contributed by atoms with E-state index in [1.807, 2.05) is 19.1 Å². The maximum absolute atomic E-state index is 8.63. The first-order valence-corrected chi connectivity index (χ1v) is 4.83. The standard InChI is InChI=1S/C10H14ClNO2/c1-3-7-5-10(14-2)9(11)4-8(7)6-12-13/h4-5,12-13H,3,6H2,1-2H3. The molecule has 0 saturated heterocycles. The molecule has 4 heteroatoms. The zero-order chi connectivity index (χ0) is 10.6. The summed E-state index contributed by atoms with van der Waals surface area (Å²) in [6.45, 7) is 2.44. The van der Waals surface area contributed by atoms with Crippen molar-refractivity contribution >= 4 is 11.6 Å². The van der Waals surface area contributed by atoms with Gasteiger partial charge in [-0.2, -0.15) is 0 Å². The summed E-state index contributed by atoms with van der Waals surface area (Å²) in [6, 6.07) is 3.71. The Morgan fingerprint density at radius 1 is 1.43 bits per heavy atom. The number of ether oxygens (including phenoxy) is 1. The van der Waals surface area contributed by atoms with Crippen LogP contribution in [0, 0.1) is 0 Å². The molecule has 1 rings (SSSR count). The van der Waals surface area contributed by atoms with Gasteiger partial charge >= 0.3 is 0 Å². The summed E-state index contributed by atoms with van der Waals surface area (Å²) in [5.74, 6) is 0.671. The minimum Gasteiger partial charge on any atom is -0.495 e. The van der Waals surface area contributed by atoms with Gasteiger partial charge < -0.3 is 9.94 Å². The van der Waals surface area contributed by atoms with Gasteiger partial charge in [0.1, 0.15) is 5.75 Å². The lowest BCUT2D eigenvalue weighted by Crippen LogP contribution is -2.08. The summed E-state index contributed by atoms with van der Waals surface area (Å²) in [7, 11) is 1.59. The number of hydrogen-bond donors (Lipinski definition) is 2. The van der Waals surface area contributed by atoms with Crippen molar-refractivity contribution in [3.05, 3.63) is 28.3 Å². The van der Waals surface area contributed by atoms with Crippen LogP contribution in [0.1, 0.15) is 18.1 Å². The number of aryl methyl sites for hydroxylation is 1. The number of benzene rings is 1. The number of hydrogen-bond acceptors (Lipinski definition) is 3. The zero-order valence-electron chi connectivity index (χ0n) is 8.30. The molecule has 0 amide bonds. The summed E-state index contributed by atoms with van der Waals surface area (Å²) in [4.78, 5) is 0. The van der Waals surface area contributed by atoms with Crippen LogP contribution in [0.15, 0.2) is 12.1 Å². The van der Waals surface area contributed by atoms with E-state index in [1.54, 1.807) is 7.11 Å². The maximum Gasteiger partial charge on any atom is 0.137 e. The van der Waals surface area contributed by atoms with Crippen LogP contribution in [-0.4, -0.2) is 12.3 Å². The molecule has 1 aromatic carbocycles. The van der Waals surface area contributed by atoms with Crippen molar-refractivity contribution in [1.29, 1.82) is 0 Å². The van der Waals surface area contributed by atoms with E-state index in [0.717, 1.165) is 17.5 Å². The molecule has 0 heterocycles. The van der Waals surface area contributed by atoms with Crippen molar-refractivity contribution in [3.63, 3.8) is 0 Å². The first-order chi connectivity index (χ1) is 6.72. The molecule has 0 aliphatic heterocycles. The van der Waals surface area contributed by atoms with E-state index in [0.29, 0.717) is 17.3 Å². The molecule has 0 saturated carbocycles. The number of hydroxylamine groups is 1. The third-order valence-electron chi connectivity index (χ3n) is 2.12. The molecule has 0 aliphatic rings. The first kappa shape index (κ1) is 11.3. The Kier molecular flexibility index (Phi) is 4.20. The minimum absolute atomic E-state index is 0.396. The molecule has 0 radical (unpaired) electrons. The van der Waals surface area contributed by atoms with Crippen LogP contribution in [0.2, 0.25) is 5.02 Å². The van der Waals surface area contributed by atoms with Crippen LogP contribution < -0.4 is 10.2 Å².